The van der Waals surface area contributed by atoms with Gasteiger partial charge in [0.1, 0.15) is 5.75 Å². The average Bonchev–Trinajstić information content (AvgIpc) is 2.60. The summed E-state index contributed by atoms with van der Waals surface area (Å²) in [5.74, 6) is 0.825. The molecule has 2 rings (SSSR count). The molecule has 0 saturated heterocycles. The molecule has 0 radical (unpaired) electrons. The van der Waals surface area contributed by atoms with Crippen molar-refractivity contribution in [2.45, 2.75) is 13.0 Å². The molecule has 0 aromatic heterocycles. The highest BCUT2D eigenvalue weighted by Gasteiger charge is 2.19. The lowest BCUT2D eigenvalue weighted by molar-refractivity contribution is 0.0742. The number of nitrogens with zero attached hydrogens (tertiary/aromatic N) is 2. The maximum atomic E-state index is 12.7. The molecule has 122 valence electrons. The van der Waals surface area contributed by atoms with Crippen LogP contribution in [0.2, 0.25) is 0 Å². The van der Waals surface area contributed by atoms with Gasteiger partial charge < -0.3 is 14.5 Å². The molecule has 0 heterocycles. The van der Waals surface area contributed by atoms with Crippen LogP contribution in [0.1, 0.15) is 28.9 Å². The number of anilines is 1. The number of hydrogen-bond acceptors (Lipinski definition) is 3. The molecule has 0 fully saturated rings. The molecular weight excluding hydrogens is 288 g/mol. The van der Waals surface area contributed by atoms with E-state index in [1.165, 1.54) is 0 Å². The van der Waals surface area contributed by atoms with E-state index in [9.17, 15) is 4.79 Å². The van der Waals surface area contributed by atoms with Crippen molar-refractivity contribution in [1.29, 1.82) is 0 Å². The standard InChI is InChI=1S/C19H24N2O2/c1-14(15-9-11-18(23-5)12-10-15)21(4)19(22)16-7-6-8-17(13-16)20(2)3/h6-14H,1-5H3. The predicted molar refractivity (Wildman–Crippen MR) is 94.3 cm³/mol. The van der Waals surface area contributed by atoms with Crippen molar-refractivity contribution in [1.82, 2.24) is 4.90 Å². The normalized spacial score (nSPS) is 11.7. The Morgan fingerprint density at radius 2 is 1.70 bits per heavy atom. The quantitative estimate of drug-likeness (QED) is 0.846. The highest BCUT2D eigenvalue weighted by Crippen LogP contribution is 2.24. The second-order valence-electron chi connectivity index (χ2n) is 5.81. The molecule has 1 amide bonds. The predicted octanol–water partition coefficient (Wildman–Crippen LogP) is 3.59. The summed E-state index contributed by atoms with van der Waals surface area (Å²) in [4.78, 5) is 16.5. The molecule has 1 atom stereocenters. The molecule has 4 heteroatoms. The van der Waals surface area contributed by atoms with Gasteiger partial charge in [0.05, 0.1) is 13.2 Å². The van der Waals surface area contributed by atoms with Crippen LogP contribution in [0.25, 0.3) is 0 Å². The first-order valence-corrected chi connectivity index (χ1v) is 7.62. The number of rotatable bonds is 5. The Hall–Kier alpha value is -2.49. The smallest absolute Gasteiger partial charge is 0.254 e. The van der Waals surface area contributed by atoms with Crippen LogP contribution >= 0.6 is 0 Å². The van der Waals surface area contributed by atoms with E-state index in [4.69, 9.17) is 4.74 Å². The third kappa shape index (κ3) is 3.83. The minimum absolute atomic E-state index is 0.0111. The molecular formula is C19H24N2O2. The Bertz CT molecular complexity index is 665. The summed E-state index contributed by atoms with van der Waals surface area (Å²) in [6, 6.07) is 15.5. The van der Waals surface area contributed by atoms with Crippen molar-refractivity contribution in [2.75, 3.05) is 33.2 Å². The molecule has 23 heavy (non-hydrogen) atoms. The number of methoxy groups -OCH3 is 1. The van der Waals surface area contributed by atoms with Gasteiger partial charge in [-0.3, -0.25) is 4.79 Å². The SMILES string of the molecule is COc1ccc(C(C)N(C)C(=O)c2cccc(N(C)C)c2)cc1. The number of carbonyl (C=O) groups excluding carboxylic acids is 1. The molecule has 0 bridgehead atoms. The zero-order valence-electron chi connectivity index (χ0n) is 14.4. The van der Waals surface area contributed by atoms with Crippen molar-refractivity contribution in [3.05, 3.63) is 59.7 Å². The van der Waals surface area contributed by atoms with Crippen LogP contribution in [0.5, 0.6) is 5.75 Å². The van der Waals surface area contributed by atoms with E-state index in [0.29, 0.717) is 5.56 Å². The molecule has 4 nitrogen and oxygen atoms in total. The number of amides is 1. The molecule has 0 spiro atoms. The maximum Gasteiger partial charge on any atom is 0.254 e. The summed E-state index contributed by atoms with van der Waals surface area (Å²) in [5, 5.41) is 0. The zero-order valence-corrected chi connectivity index (χ0v) is 14.4. The van der Waals surface area contributed by atoms with Crippen LogP contribution in [0.15, 0.2) is 48.5 Å². The van der Waals surface area contributed by atoms with Crippen molar-refractivity contribution < 1.29 is 9.53 Å². The lowest BCUT2D eigenvalue weighted by atomic mass is 10.1. The molecule has 0 aliphatic carbocycles. The summed E-state index contributed by atoms with van der Waals surface area (Å²) in [5.41, 5.74) is 2.78. The fourth-order valence-corrected chi connectivity index (χ4v) is 2.40. The van der Waals surface area contributed by atoms with E-state index in [1.54, 1.807) is 12.0 Å². The van der Waals surface area contributed by atoms with Crippen molar-refractivity contribution >= 4 is 11.6 Å². The average molecular weight is 312 g/mol. The number of benzene rings is 2. The first kappa shape index (κ1) is 16.9. The van der Waals surface area contributed by atoms with Crippen molar-refractivity contribution in [3.63, 3.8) is 0 Å². The molecule has 0 saturated carbocycles. The van der Waals surface area contributed by atoms with Gasteiger partial charge in [0.2, 0.25) is 0 Å². The Labute approximate surface area is 138 Å². The summed E-state index contributed by atoms with van der Waals surface area (Å²) >= 11 is 0. The van der Waals surface area contributed by atoms with E-state index in [0.717, 1.165) is 17.0 Å². The molecule has 0 aliphatic rings. The number of carbonyl (C=O) groups is 1. The first-order chi connectivity index (χ1) is 10.9. The van der Waals surface area contributed by atoms with Gasteiger partial charge in [-0.05, 0) is 42.8 Å². The fraction of sp³-hybridized carbons (Fsp3) is 0.316. The van der Waals surface area contributed by atoms with Crippen molar-refractivity contribution in [3.8, 4) is 5.75 Å². The van der Waals surface area contributed by atoms with Gasteiger partial charge in [-0.15, -0.1) is 0 Å². The van der Waals surface area contributed by atoms with E-state index < -0.39 is 0 Å². The van der Waals surface area contributed by atoms with Crippen LogP contribution in [-0.2, 0) is 0 Å². The minimum atomic E-state index is -0.0172. The van der Waals surface area contributed by atoms with Crippen LogP contribution in [0, 0.1) is 0 Å². The maximum absolute atomic E-state index is 12.7. The van der Waals surface area contributed by atoms with Gasteiger partial charge in [-0.25, -0.2) is 0 Å². The topological polar surface area (TPSA) is 32.8 Å². The second kappa shape index (κ2) is 7.18. The molecule has 1 unspecified atom stereocenters. The zero-order chi connectivity index (χ0) is 17.0. The third-order valence-electron chi connectivity index (χ3n) is 4.11. The third-order valence-corrected chi connectivity index (χ3v) is 4.11. The van der Waals surface area contributed by atoms with Gasteiger partial charge in [0.25, 0.3) is 5.91 Å². The van der Waals surface area contributed by atoms with Crippen molar-refractivity contribution in [2.24, 2.45) is 0 Å². The van der Waals surface area contributed by atoms with Crippen LogP contribution < -0.4 is 9.64 Å². The lowest BCUT2D eigenvalue weighted by Crippen LogP contribution is -2.29. The van der Waals surface area contributed by atoms with Crippen LogP contribution in [0.3, 0.4) is 0 Å². The van der Waals surface area contributed by atoms with Gasteiger partial charge in [-0.2, -0.15) is 0 Å². The molecule has 0 aliphatic heterocycles. The minimum Gasteiger partial charge on any atom is -0.497 e. The van der Waals surface area contributed by atoms with Gasteiger partial charge in [0, 0.05) is 32.4 Å². The van der Waals surface area contributed by atoms with E-state index in [1.807, 2.05) is 81.5 Å². The summed E-state index contributed by atoms with van der Waals surface area (Å²) in [6.45, 7) is 2.02. The Morgan fingerprint density at radius 3 is 2.26 bits per heavy atom. The van der Waals surface area contributed by atoms with Gasteiger partial charge in [0.15, 0.2) is 0 Å². The number of ether oxygens (including phenoxy) is 1. The Kier molecular flexibility index (Phi) is 5.27. The Balaban J connectivity index is 2.19. The second-order valence-corrected chi connectivity index (χ2v) is 5.81. The molecule has 2 aromatic carbocycles. The van der Waals surface area contributed by atoms with E-state index in [2.05, 4.69) is 0 Å². The van der Waals surface area contributed by atoms with E-state index >= 15 is 0 Å². The van der Waals surface area contributed by atoms with Gasteiger partial charge >= 0.3 is 0 Å². The fourth-order valence-electron chi connectivity index (χ4n) is 2.40. The van der Waals surface area contributed by atoms with Crippen LogP contribution in [0.4, 0.5) is 5.69 Å². The monoisotopic (exact) mass is 312 g/mol. The number of hydrogen-bond donors (Lipinski definition) is 0. The lowest BCUT2D eigenvalue weighted by Gasteiger charge is -2.26. The molecule has 2 aromatic rings. The van der Waals surface area contributed by atoms with Gasteiger partial charge in [-0.1, -0.05) is 18.2 Å². The highest BCUT2D eigenvalue weighted by molar-refractivity contribution is 5.95. The summed E-state index contributed by atoms with van der Waals surface area (Å²) in [6.07, 6.45) is 0. The summed E-state index contributed by atoms with van der Waals surface area (Å²) < 4.78 is 5.18. The summed E-state index contributed by atoms with van der Waals surface area (Å²) in [7, 11) is 7.41. The molecule has 0 N–H and O–H groups in total. The Morgan fingerprint density at radius 1 is 1.04 bits per heavy atom. The van der Waals surface area contributed by atoms with E-state index in [-0.39, 0.29) is 11.9 Å². The first-order valence-electron chi connectivity index (χ1n) is 7.62. The highest BCUT2D eigenvalue weighted by atomic mass is 16.5. The largest absolute Gasteiger partial charge is 0.497 e. The van der Waals surface area contributed by atoms with Crippen LogP contribution in [-0.4, -0.2) is 39.1 Å².